The number of carboxylic acid groups (broad SMARTS) is 1. The van der Waals surface area contributed by atoms with Crippen LogP contribution < -0.4 is 0 Å². The molecule has 0 fully saturated rings. The third-order valence-electron chi connectivity index (χ3n) is 5.50. The molecule has 0 bridgehead atoms. The number of hydrogen-bond donors (Lipinski definition) is 1. The van der Waals surface area contributed by atoms with Gasteiger partial charge in [0.1, 0.15) is 6.10 Å². The Hall–Kier alpha value is -3.50. The first kappa shape index (κ1) is 21.7. The minimum Gasteiger partial charge on any atom is -0.479 e. The summed E-state index contributed by atoms with van der Waals surface area (Å²) >= 11 is 0. The summed E-state index contributed by atoms with van der Waals surface area (Å²) in [4.78, 5) is 16.4. The van der Waals surface area contributed by atoms with Crippen molar-refractivity contribution in [1.29, 1.82) is 0 Å². The summed E-state index contributed by atoms with van der Waals surface area (Å²) in [6.45, 7) is 4.01. The molecule has 2 atom stereocenters. The van der Waals surface area contributed by atoms with E-state index in [-0.39, 0.29) is 5.92 Å². The number of rotatable bonds is 8. The zero-order chi connectivity index (χ0) is 22.5. The number of hydrogen-bond acceptors (Lipinski definition) is 3. The molecule has 4 nitrogen and oxygen atoms in total. The van der Waals surface area contributed by atoms with E-state index in [0.717, 1.165) is 33.2 Å². The number of para-hydroxylation sites is 1. The number of nitrogens with zero attached hydrogens (tertiary/aromatic N) is 1. The Morgan fingerprint density at radius 3 is 2.22 bits per heavy atom. The van der Waals surface area contributed by atoms with Crippen LogP contribution in [0.15, 0.2) is 91.1 Å². The van der Waals surface area contributed by atoms with Crippen molar-refractivity contribution in [1.82, 2.24) is 4.98 Å². The predicted molar refractivity (Wildman–Crippen MR) is 127 cm³/mol. The average molecular weight is 426 g/mol. The lowest BCUT2D eigenvalue weighted by molar-refractivity contribution is -0.154. The average Bonchev–Trinajstić information content (AvgIpc) is 2.82. The van der Waals surface area contributed by atoms with E-state index in [2.05, 4.69) is 17.1 Å². The van der Waals surface area contributed by atoms with Crippen LogP contribution in [0.2, 0.25) is 0 Å². The van der Waals surface area contributed by atoms with Crippen LogP contribution in [0.3, 0.4) is 0 Å². The molecule has 0 amide bonds. The Morgan fingerprint density at radius 2 is 1.53 bits per heavy atom. The van der Waals surface area contributed by atoms with Gasteiger partial charge in [-0.15, -0.1) is 0 Å². The van der Waals surface area contributed by atoms with Gasteiger partial charge in [0.2, 0.25) is 0 Å². The molecule has 0 aliphatic heterocycles. The van der Waals surface area contributed by atoms with Crippen molar-refractivity contribution in [2.75, 3.05) is 0 Å². The summed E-state index contributed by atoms with van der Waals surface area (Å²) in [5.41, 5.74) is 4.91. The molecule has 1 unspecified atom stereocenters. The monoisotopic (exact) mass is 425 g/mol. The lowest BCUT2D eigenvalue weighted by atomic mass is 9.97. The predicted octanol–water partition coefficient (Wildman–Crippen LogP) is 6.51. The second kappa shape index (κ2) is 9.75. The van der Waals surface area contributed by atoms with Gasteiger partial charge < -0.3 is 9.84 Å². The maximum absolute atomic E-state index is 11.8. The molecule has 3 aromatic carbocycles. The summed E-state index contributed by atoms with van der Waals surface area (Å²) in [6, 6.07) is 28.1. The van der Waals surface area contributed by atoms with E-state index >= 15 is 0 Å². The zero-order valence-electron chi connectivity index (χ0n) is 18.3. The van der Waals surface area contributed by atoms with Crippen molar-refractivity contribution in [3.05, 3.63) is 102 Å². The molecule has 0 aliphatic carbocycles. The normalized spacial score (nSPS) is 13.2. The molecule has 4 rings (SSSR count). The highest BCUT2D eigenvalue weighted by Crippen LogP contribution is 2.31. The summed E-state index contributed by atoms with van der Waals surface area (Å²) in [6.07, 6.45) is 1.01. The number of pyridine rings is 1. The quantitative estimate of drug-likeness (QED) is 0.350. The van der Waals surface area contributed by atoms with Crippen LogP contribution in [0.4, 0.5) is 0 Å². The van der Waals surface area contributed by atoms with E-state index in [1.807, 2.05) is 92.8 Å². The van der Waals surface area contributed by atoms with E-state index < -0.39 is 18.2 Å². The number of benzene rings is 3. The standard InChI is InChI=1S/C28H27NO3/c1-19(2)16-26(28(30)31)32-27(21-8-4-3-5-9-21)22-14-12-20(13-15-22)24-17-23-10-6-7-11-25(23)29-18-24/h3-15,17-19,26-27H,16H2,1-2H3,(H,30,31)/t26-,27?/m0/s1. The smallest absolute Gasteiger partial charge is 0.332 e. The third kappa shape index (κ3) is 5.04. The molecule has 1 N–H and O–H groups in total. The summed E-state index contributed by atoms with van der Waals surface area (Å²) in [5.74, 6) is -0.714. The largest absolute Gasteiger partial charge is 0.479 e. The molecule has 0 saturated carbocycles. The maximum Gasteiger partial charge on any atom is 0.332 e. The Kier molecular flexibility index (Phi) is 6.62. The summed E-state index contributed by atoms with van der Waals surface area (Å²) < 4.78 is 6.19. The van der Waals surface area contributed by atoms with Crippen LogP contribution in [-0.4, -0.2) is 22.2 Å². The number of aliphatic carboxylic acids is 1. The molecule has 0 radical (unpaired) electrons. The van der Waals surface area contributed by atoms with Crippen molar-refractivity contribution < 1.29 is 14.6 Å². The van der Waals surface area contributed by atoms with Crippen LogP contribution in [-0.2, 0) is 9.53 Å². The van der Waals surface area contributed by atoms with Gasteiger partial charge in [-0.05, 0) is 41.2 Å². The first-order chi connectivity index (χ1) is 15.5. The molecule has 0 aliphatic rings. The van der Waals surface area contributed by atoms with E-state index in [1.54, 1.807) is 0 Å². The van der Waals surface area contributed by atoms with Crippen LogP contribution in [0, 0.1) is 5.92 Å². The molecule has 32 heavy (non-hydrogen) atoms. The fourth-order valence-corrected chi connectivity index (χ4v) is 3.86. The fourth-order valence-electron chi connectivity index (χ4n) is 3.86. The molecule has 162 valence electrons. The molecule has 0 spiro atoms. The Balaban J connectivity index is 1.65. The molecular formula is C28H27NO3. The topological polar surface area (TPSA) is 59.4 Å². The van der Waals surface area contributed by atoms with Gasteiger partial charge in [0.25, 0.3) is 0 Å². The number of carbonyl (C=O) groups is 1. The van der Waals surface area contributed by atoms with Gasteiger partial charge in [-0.2, -0.15) is 0 Å². The van der Waals surface area contributed by atoms with Gasteiger partial charge in [-0.25, -0.2) is 4.79 Å². The minimum absolute atomic E-state index is 0.218. The van der Waals surface area contributed by atoms with Crippen molar-refractivity contribution in [3.63, 3.8) is 0 Å². The van der Waals surface area contributed by atoms with Crippen LogP contribution in [0.1, 0.15) is 37.5 Å². The van der Waals surface area contributed by atoms with Gasteiger partial charge in [0.15, 0.2) is 6.10 Å². The van der Waals surface area contributed by atoms with Crippen molar-refractivity contribution in [2.45, 2.75) is 32.5 Å². The van der Waals surface area contributed by atoms with Crippen LogP contribution in [0.5, 0.6) is 0 Å². The summed E-state index contributed by atoms with van der Waals surface area (Å²) in [7, 11) is 0. The number of carboxylic acids is 1. The van der Waals surface area contributed by atoms with Crippen molar-refractivity contribution in [2.24, 2.45) is 5.92 Å². The van der Waals surface area contributed by atoms with Gasteiger partial charge in [0, 0.05) is 17.1 Å². The Labute approximate surface area is 188 Å². The summed E-state index contributed by atoms with van der Waals surface area (Å²) in [5, 5.41) is 10.8. The zero-order valence-corrected chi connectivity index (χ0v) is 18.3. The second-order valence-electron chi connectivity index (χ2n) is 8.42. The first-order valence-electron chi connectivity index (χ1n) is 10.9. The molecule has 4 heteroatoms. The van der Waals surface area contributed by atoms with Crippen molar-refractivity contribution >= 4 is 16.9 Å². The lowest BCUT2D eigenvalue weighted by Crippen LogP contribution is -2.28. The molecule has 1 aromatic heterocycles. The Bertz CT molecular complexity index is 1190. The highest BCUT2D eigenvalue weighted by molar-refractivity contribution is 5.83. The number of aromatic nitrogens is 1. The van der Waals surface area contributed by atoms with E-state index in [0.29, 0.717) is 6.42 Å². The second-order valence-corrected chi connectivity index (χ2v) is 8.42. The lowest BCUT2D eigenvalue weighted by Gasteiger charge is -2.24. The van der Waals surface area contributed by atoms with Gasteiger partial charge in [0.05, 0.1) is 5.52 Å². The van der Waals surface area contributed by atoms with Gasteiger partial charge in [-0.3, -0.25) is 4.98 Å². The van der Waals surface area contributed by atoms with Crippen LogP contribution in [0.25, 0.3) is 22.0 Å². The molecular weight excluding hydrogens is 398 g/mol. The maximum atomic E-state index is 11.8. The Morgan fingerprint density at radius 1 is 0.875 bits per heavy atom. The van der Waals surface area contributed by atoms with Crippen LogP contribution >= 0.6 is 0 Å². The highest BCUT2D eigenvalue weighted by Gasteiger charge is 2.26. The number of fused-ring (bicyclic) bond motifs is 1. The molecule has 4 aromatic rings. The van der Waals surface area contributed by atoms with Gasteiger partial charge >= 0.3 is 5.97 Å². The SMILES string of the molecule is CC(C)C[C@H](OC(c1ccccc1)c1ccc(-c2cnc3ccccc3c2)cc1)C(=O)O. The molecule has 1 heterocycles. The van der Waals surface area contributed by atoms with E-state index in [4.69, 9.17) is 4.74 Å². The van der Waals surface area contributed by atoms with E-state index in [9.17, 15) is 9.90 Å². The third-order valence-corrected chi connectivity index (χ3v) is 5.50. The molecule has 0 saturated heterocycles. The first-order valence-corrected chi connectivity index (χ1v) is 10.9. The minimum atomic E-state index is -0.932. The van der Waals surface area contributed by atoms with Crippen molar-refractivity contribution in [3.8, 4) is 11.1 Å². The highest BCUT2D eigenvalue weighted by atomic mass is 16.5. The number of ether oxygens (including phenoxy) is 1. The van der Waals surface area contributed by atoms with Gasteiger partial charge in [-0.1, -0.05) is 86.6 Å². The van der Waals surface area contributed by atoms with E-state index in [1.165, 1.54) is 0 Å². The fraction of sp³-hybridized carbons (Fsp3) is 0.214.